The number of hydrogen-bond acceptors (Lipinski definition) is 4. The molecule has 1 amide bonds. The van der Waals surface area contributed by atoms with Gasteiger partial charge in [0.05, 0.1) is 0 Å². The average Bonchev–Trinajstić information content (AvgIpc) is 2.47. The smallest absolute Gasteiger partial charge is 0.339 e. The Labute approximate surface area is 119 Å². The van der Waals surface area contributed by atoms with Crippen LogP contribution in [0, 0.1) is 5.82 Å². The topological polar surface area (TPSA) is 88.5 Å². The summed E-state index contributed by atoms with van der Waals surface area (Å²) in [5.41, 5.74) is -0.118. The molecule has 0 saturated carbocycles. The molecule has 2 rings (SSSR count). The second kappa shape index (κ2) is 6.47. The quantitative estimate of drug-likeness (QED) is 0.878. The van der Waals surface area contributed by atoms with Gasteiger partial charge in [0.25, 0.3) is 5.91 Å². The van der Waals surface area contributed by atoms with Crippen LogP contribution in [0.5, 0.6) is 5.75 Å². The molecule has 0 aliphatic rings. The van der Waals surface area contributed by atoms with Crippen molar-refractivity contribution in [1.29, 1.82) is 0 Å². The molecule has 7 heteroatoms. The van der Waals surface area contributed by atoms with Gasteiger partial charge in [-0.05, 0) is 36.4 Å². The van der Waals surface area contributed by atoms with E-state index in [0.29, 0.717) is 5.75 Å². The second-order valence-electron chi connectivity index (χ2n) is 4.00. The first-order valence-electron chi connectivity index (χ1n) is 5.93. The molecular weight excluding hydrogens is 279 g/mol. The Balaban J connectivity index is 1.96. The number of rotatable bonds is 5. The maximum atomic E-state index is 12.7. The summed E-state index contributed by atoms with van der Waals surface area (Å²) in [6, 6.07) is 7.95. The minimum atomic E-state index is -1.20. The molecule has 0 radical (unpaired) electrons. The zero-order chi connectivity index (χ0) is 15.2. The van der Waals surface area contributed by atoms with Gasteiger partial charge in [-0.1, -0.05) is 0 Å². The average molecular weight is 290 g/mol. The first-order chi connectivity index (χ1) is 10.1. The Kier molecular flexibility index (Phi) is 4.45. The molecule has 21 heavy (non-hydrogen) atoms. The predicted octanol–water partition coefficient (Wildman–Crippen LogP) is 1.94. The molecule has 0 bridgehead atoms. The van der Waals surface area contributed by atoms with Crippen LogP contribution in [0.2, 0.25) is 0 Å². The summed E-state index contributed by atoms with van der Waals surface area (Å²) < 4.78 is 17.8. The van der Waals surface area contributed by atoms with E-state index >= 15 is 0 Å². The van der Waals surface area contributed by atoms with Crippen LogP contribution in [0.15, 0.2) is 42.6 Å². The minimum absolute atomic E-state index is 0.0577. The van der Waals surface area contributed by atoms with Gasteiger partial charge in [-0.2, -0.15) is 0 Å². The van der Waals surface area contributed by atoms with Gasteiger partial charge in [-0.15, -0.1) is 0 Å². The van der Waals surface area contributed by atoms with E-state index in [1.807, 2.05) is 0 Å². The van der Waals surface area contributed by atoms with Crippen molar-refractivity contribution < 1.29 is 23.8 Å². The maximum Gasteiger partial charge on any atom is 0.339 e. The SMILES string of the molecule is O=C(COc1ccc(F)cc1)Nc1ncccc1C(=O)O. The highest BCUT2D eigenvalue weighted by Crippen LogP contribution is 2.13. The lowest BCUT2D eigenvalue weighted by molar-refractivity contribution is -0.118. The first kappa shape index (κ1) is 14.4. The number of carbonyl (C=O) groups excluding carboxylic acids is 1. The second-order valence-corrected chi connectivity index (χ2v) is 4.00. The molecule has 0 atom stereocenters. The van der Waals surface area contributed by atoms with E-state index in [4.69, 9.17) is 9.84 Å². The number of anilines is 1. The third kappa shape index (κ3) is 4.00. The number of carboxylic acids is 1. The van der Waals surface area contributed by atoms with Crippen LogP contribution in [0.4, 0.5) is 10.2 Å². The van der Waals surface area contributed by atoms with Crippen LogP contribution >= 0.6 is 0 Å². The van der Waals surface area contributed by atoms with Crippen molar-refractivity contribution in [3.63, 3.8) is 0 Å². The predicted molar refractivity (Wildman–Crippen MR) is 71.7 cm³/mol. The molecule has 0 unspecified atom stereocenters. The van der Waals surface area contributed by atoms with E-state index in [1.165, 1.54) is 42.6 Å². The molecule has 0 saturated heterocycles. The highest BCUT2D eigenvalue weighted by atomic mass is 19.1. The Morgan fingerprint density at radius 2 is 1.95 bits per heavy atom. The van der Waals surface area contributed by atoms with Crippen molar-refractivity contribution in [1.82, 2.24) is 4.98 Å². The Morgan fingerprint density at radius 1 is 1.24 bits per heavy atom. The van der Waals surface area contributed by atoms with Crippen molar-refractivity contribution in [2.75, 3.05) is 11.9 Å². The summed E-state index contributed by atoms with van der Waals surface area (Å²) in [6.07, 6.45) is 1.36. The molecule has 0 fully saturated rings. The normalized spacial score (nSPS) is 9.95. The molecule has 6 nitrogen and oxygen atoms in total. The number of hydrogen-bond donors (Lipinski definition) is 2. The number of nitrogens with zero attached hydrogens (tertiary/aromatic N) is 1. The summed E-state index contributed by atoms with van der Waals surface area (Å²) >= 11 is 0. The largest absolute Gasteiger partial charge is 0.484 e. The summed E-state index contributed by atoms with van der Waals surface area (Å²) in [5, 5.41) is 11.3. The van der Waals surface area contributed by atoms with Gasteiger partial charge in [0, 0.05) is 6.20 Å². The Hall–Kier alpha value is -2.96. The van der Waals surface area contributed by atoms with Crippen LogP contribution in [-0.4, -0.2) is 28.6 Å². The lowest BCUT2D eigenvalue weighted by Crippen LogP contribution is -2.22. The molecule has 2 aromatic rings. The third-order valence-corrected chi connectivity index (χ3v) is 2.48. The third-order valence-electron chi connectivity index (χ3n) is 2.48. The maximum absolute atomic E-state index is 12.7. The van der Waals surface area contributed by atoms with Gasteiger partial charge in [0.2, 0.25) is 0 Å². The molecule has 2 N–H and O–H groups in total. The van der Waals surface area contributed by atoms with Crippen LogP contribution in [0.25, 0.3) is 0 Å². The number of carbonyl (C=O) groups is 2. The summed E-state index contributed by atoms with van der Waals surface area (Å²) in [7, 11) is 0. The van der Waals surface area contributed by atoms with Gasteiger partial charge >= 0.3 is 5.97 Å². The fourth-order valence-corrected chi connectivity index (χ4v) is 1.53. The first-order valence-corrected chi connectivity index (χ1v) is 5.93. The molecule has 0 aliphatic heterocycles. The number of amides is 1. The number of benzene rings is 1. The van der Waals surface area contributed by atoms with Crippen LogP contribution < -0.4 is 10.1 Å². The zero-order valence-electron chi connectivity index (χ0n) is 10.7. The molecular formula is C14H11FN2O4. The molecule has 1 aromatic carbocycles. The minimum Gasteiger partial charge on any atom is -0.484 e. The van der Waals surface area contributed by atoms with Gasteiger partial charge < -0.3 is 15.2 Å². The fourth-order valence-electron chi connectivity index (χ4n) is 1.53. The summed E-state index contributed by atoms with van der Waals surface area (Å²) in [4.78, 5) is 26.4. The molecule has 0 aliphatic carbocycles. The monoisotopic (exact) mass is 290 g/mol. The number of aromatic carboxylic acids is 1. The number of halogens is 1. The highest BCUT2D eigenvalue weighted by molar-refractivity contribution is 5.99. The van der Waals surface area contributed by atoms with Crippen LogP contribution in [-0.2, 0) is 4.79 Å². The number of pyridine rings is 1. The van der Waals surface area contributed by atoms with Crippen molar-refractivity contribution >= 4 is 17.7 Å². The van der Waals surface area contributed by atoms with Crippen LogP contribution in [0.1, 0.15) is 10.4 Å². The van der Waals surface area contributed by atoms with E-state index in [1.54, 1.807) is 0 Å². The summed E-state index contributed by atoms with van der Waals surface area (Å²) in [6.45, 7) is -0.346. The zero-order valence-corrected chi connectivity index (χ0v) is 10.7. The number of ether oxygens (including phenoxy) is 1. The van der Waals surface area contributed by atoms with Crippen LogP contribution in [0.3, 0.4) is 0 Å². The van der Waals surface area contributed by atoms with Crippen molar-refractivity contribution in [3.05, 3.63) is 54.0 Å². The molecule has 108 valence electrons. The lowest BCUT2D eigenvalue weighted by Gasteiger charge is -2.08. The number of carboxylic acid groups (broad SMARTS) is 1. The van der Waals surface area contributed by atoms with E-state index in [2.05, 4.69) is 10.3 Å². The van der Waals surface area contributed by atoms with Crippen molar-refractivity contribution in [2.45, 2.75) is 0 Å². The van der Waals surface area contributed by atoms with E-state index in [9.17, 15) is 14.0 Å². The van der Waals surface area contributed by atoms with E-state index < -0.39 is 17.7 Å². The van der Waals surface area contributed by atoms with Crippen molar-refractivity contribution in [3.8, 4) is 5.75 Å². The number of nitrogens with one attached hydrogen (secondary N) is 1. The van der Waals surface area contributed by atoms with Gasteiger partial charge in [0.15, 0.2) is 6.61 Å². The van der Waals surface area contributed by atoms with Crippen molar-refractivity contribution in [2.24, 2.45) is 0 Å². The Bertz CT molecular complexity index is 658. The fraction of sp³-hybridized carbons (Fsp3) is 0.0714. The van der Waals surface area contributed by atoms with Gasteiger partial charge in [-0.3, -0.25) is 4.79 Å². The highest BCUT2D eigenvalue weighted by Gasteiger charge is 2.13. The lowest BCUT2D eigenvalue weighted by atomic mass is 10.2. The summed E-state index contributed by atoms with van der Waals surface area (Å²) in [5.74, 6) is -1.91. The molecule has 1 heterocycles. The van der Waals surface area contributed by atoms with Gasteiger partial charge in [0.1, 0.15) is 22.9 Å². The molecule has 1 aromatic heterocycles. The van der Waals surface area contributed by atoms with Gasteiger partial charge in [-0.25, -0.2) is 14.2 Å². The van der Waals surface area contributed by atoms with E-state index in [0.717, 1.165) is 0 Å². The Morgan fingerprint density at radius 3 is 2.62 bits per heavy atom. The number of aromatic nitrogens is 1. The standard InChI is InChI=1S/C14H11FN2O4/c15-9-3-5-10(6-4-9)21-8-12(18)17-13-11(14(19)20)2-1-7-16-13/h1-7H,8H2,(H,19,20)(H,16,17,18). The van der Waals surface area contributed by atoms with E-state index in [-0.39, 0.29) is 18.0 Å². The molecule has 0 spiro atoms.